The van der Waals surface area contributed by atoms with Crippen LogP contribution in [0.1, 0.15) is 22.3 Å². The fourth-order valence-electron chi connectivity index (χ4n) is 2.89. The first-order chi connectivity index (χ1) is 12.1. The molecule has 1 heterocycles. The van der Waals surface area contributed by atoms with Crippen LogP contribution in [0.25, 0.3) is 0 Å². The van der Waals surface area contributed by atoms with Crippen LogP contribution in [0.5, 0.6) is 5.75 Å². The molecule has 3 rings (SSSR count). The van der Waals surface area contributed by atoms with Gasteiger partial charge >= 0.3 is 5.97 Å². The number of hydrogen-bond acceptors (Lipinski definition) is 4. The molecule has 1 aliphatic rings. The Morgan fingerprint density at radius 1 is 1.12 bits per heavy atom. The molecule has 1 unspecified atom stereocenters. The number of hydrogen-bond donors (Lipinski definition) is 0. The van der Waals surface area contributed by atoms with Crippen LogP contribution in [0.4, 0.5) is 5.69 Å². The van der Waals surface area contributed by atoms with E-state index in [1.807, 2.05) is 36.1 Å². The molecule has 0 radical (unpaired) electrons. The largest absolute Gasteiger partial charge is 0.493 e. The standard InChI is InChI=1S/C20H21NO4/c1-14-3-7-17(8-4-14)21-12-15(11-19(21)22)13-25-18-9-5-16(6-10-18)20(23)24-2/h3-10,15H,11-13H2,1-2H3. The van der Waals surface area contributed by atoms with Crippen molar-refractivity contribution in [1.82, 2.24) is 0 Å². The lowest BCUT2D eigenvalue weighted by Gasteiger charge is -2.17. The highest BCUT2D eigenvalue weighted by Crippen LogP contribution is 2.26. The van der Waals surface area contributed by atoms with E-state index in [9.17, 15) is 9.59 Å². The van der Waals surface area contributed by atoms with Crippen molar-refractivity contribution in [3.63, 3.8) is 0 Å². The van der Waals surface area contributed by atoms with Gasteiger partial charge in [-0.15, -0.1) is 0 Å². The maximum Gasteiger partial charge on any atom is 0.337 e. The lowest BCUT2D eigenvalue weighted by molar-refractivity contribution is -0.117. The zero-order valence-corrected chi connectivity index (χ0v) is 14.4. The van der Waals surface area contributed by atoms with Gasteiger partial charge in [0, 0.05) is 24.6 Å². The van der Waals surface area contributed by atoms with Crippen LogP contribution in [0, 0.1) is 12.8 Å². The Bertz CT molecular complexity index is 752. The summed E-state index contributed by atoms with van der Waals surface area (Å²) in [6.07, 6.45) is 0.480. The van der Waals surface area contributed by atoms with Crippen molar-refractivity contribution in [1.29, 1.82) is 0 Å². The number of aryl methyl sites for hydroxylation is 1. The van der Waals surface area contributed by atoms with Crippen molar-refractivity contribution >= 4 is 17.6 Å². The van der Waals surface area contributed by atoms with Crippen molar-refractivity contribution in [2.24, 2.45) is 5.92 Å². The van der Waals surface area contributed by atoms with Crippen molar-refractivity contribution in [2.75, 3.05) is 25.2 Å². The first-order valence-electron chi connectivity index (χ1n) is 8.25. The lowest BCUT2D eigenvalue weighted by atomic mass is 10.1. The maximum absolute atomic E-state index is 12.3. The quantitative estimate of drug-likeness (QED) is 0.785. The summed E-state index contributed by atoms with van der Waals surface area (Å²) in [5, 5.41) is 0. The van der Waals surface area contributed by atoms with E-state index in [0.29, 0.717) is 30.9 Å². The molecule has 1 aliphatic heterocycles. The summed E-state index contributed by atoms with van der Waals surface area (Å²) in [4.78, 5) is 25.5. The Morgan fingerprint density at radius 3 is 2.44 bits per heavy atom. The molecule has 1 amide bonds. The number of anilines is 1. The van der Waals surface area contributed by atoms with E-state index in [2.05, 4.69) is 4.74 Å². The highest BCUT2D eigenvalue weighted by Gasteiger charge is 2.31. The maximum atomic E-state index is 12.3. The van der Waals surface area contributed by atoms with Crippen LogP contribution in [0.15, 0.2) is 48.5 Å². The summed E-state index contributed by atoms with van der Waals surface area (Å²) in [6.45, 7) is 3.14. The molecule has 1 fully saturated rings. The Balaban J connectivity index is 1.56. The number of amides is 1. The van der Waals surface area contributed by atoms with Gasteiger partial charge in [0.2, 0.25) is 5.91 Å². The van der Waals surface area contributed by atoms with E-state index in [-0.39, 0.29) is 17.8 Å². The normalized spacial score (nSPS) is 16.8. The molecule has 5 nitrogen and oxygen atoms in total. The van der Waals surface area contributed by atoms with E-state index in [1.54, 1.807) is 24.3 Å². The topological polar surface area (TPSA) is 55.8 Å². The SMILES string of the molecule is COC(=O)c1ccc(OCC2CC(=O)N(c3ccc(C)cc3)C2)cc1. The zero-order valence-electron chi connectivity index (χ0n) is 14.4. The number of benzene rings is 2. The van der Waals surface area contributed by atoms with Crippen LogP contribution in [-0.2, 0) is 9.53 Å². The molecule has 0 aliphatic carbocycles. The fourth-order valence-corrected chi connectivity index (χ4v) is 2.89. The van der Waals surface area contributed by atoms with Crippen LogP contribution in [0.2, 0.25) is 0 Å². The Morgan fingerprint density at radius 2 is 1.80 bits per heavy atom. The predicted octanol–water partition coefficient (Wildman–Crippen LogP) is 3.21. The minimum absolute atomic E-state index is 0.124. The lowest BCUT2D eigenvalue weighted by Crippen LogP contribution is -2.25. The van der Waals surface area contributed by atoms with Crippen LogP contribution in [0.3, 0.4) is 0 Å². The number of carbonyl (C=O) groups excluding carboxylic acids is 2. The first kappa shape index (κ1) is 17.0. The molecule has 1 atom stereocenters. The third kappa shape index (κ3) is 3.99. The molecule has 1 saturated heterocycles. The number of rotatable bonds is 5. The van der Waals surface area contributed by atoms with Gasteiger partial charge in [-0.3, -0.25) is 4.79 Å². The Hall–Kier alpha value is -2.82. The average molecular weight is 339 g/mol. The molecule has 0 spiro atoms. The smallest absolute Gasteiger partial charge is 0.337 e. The fraction of sp³-hybridized carbons (Fsp3) is 0.300. The highest BCUT2D eigenvalue weighted by atomic mass is 16.5. The number of esters is 1. The molecule has 0 aromatic heterocycles. The highest BCUT2D eigenvalue weighted by molar-refractivity contribution is 5.95. The van der Waals surface area contributed by atoms with Crippen LogP contribution < -0.4 is 9.64 Å². The molecule has 2 aromatic carbocycles. The van der Waals surface area contributed by atoms with E-state index in [4.69, 9.17) is 4.74 Å². The number of nitrogens with zero attached hydrogens (tertiary/aromatic N) is 1. The monoisotopic (exact) mass is 339 g/mol. The van der Waals surface area contributed by atoms with Gasteiger partial charge < -0.3 is 14.4 Å². The molecular weight excluding hydrogens is 318 g/mol. The molecule has 0 N–H and O–H groups in total. The minimum Gasteiger partial charge on any atom is -0.493 e. The van der Waals surface area contributed by atoms with Crippen molar-refractivity contribution < 1.29 is 19.1 Å². The average Bonchev–Trinajstić information content (AvgIpc) is 3.01. The van der Waals surface area contributed by atoms with Crippen molar-refractivity contribution in [2.45, 2.75) is 13.3 Å². The van der Waals surface area contributed by atoms with Crippen LogP contribution in [-0.4, -0.2) is 32.1 Å². The summed E-state index contributed by atoms with van der Waals surface area (Å²) >= 11 is 0. The van der Waals surface area contributed by atoms with E-state index in [0.717, 1.165) is 5.69 Å². The van der Waals surface area contributed by atoms with Gasteiger partial charge in [-0.25, -0.2) is 4.79 Å². The van der Waals surface area contributed by atoms with Gasteiger partial charge in [0.1, 0.15) is 5.75 Å². The number of methoxy groups -OCH3 is 1. The summed E-state index contributed by atoms with van der Waals surface area (Å²) in [6, 6.07) is 14.8. The molecule has 25 heavy (non-hydrogen) atoms. The Labute approximate surface area is 147 Å². The van der Waals surface area contributed by atoms with Crippen LogP contribution >= 0.6 is 0 Å². The molecule has 2 aromatic rings. The summed E-state index contributed by atoms with van der Waals surface area (Å²) < 4.78 is 10.4. The van der Waals surface area contributed by atoms with E-state index < -0.39 is 0 Å². The minimum atomic E-state index is -0.373. The van der Waals surface area contributed by atoms with E-state index >= 15 is 0 Å². The molecule has 130 valence electrons. The van der Waals surface area contributed by atoms with Gasteiger partial charge in [0.25, 0.3) is 0 Å². The number of carbonyl (C=O) groups is 2. The summed E-state index contributed by atoms with van der Waals surface area (Å²) in [7, 11) is 1.35. The molecule has 0 saturated carbocycles. The second kappa shape index (κ2) is 7.38. The zero-order chi connectivity index (χ0) is 17.8. The van der Waals surface area contributed by atoms with Crippen molar-refractivity contribution in [3.05, 3.63) is 59.7 Å². The van der Waals surface area contributed by atoms with E-state index in [1.165, 1.54) is 12.7 Å². The van der Waals surface area contributed by atoms with Gasteiger partial charge in [-0.1, -0.05) is 17.7 Å². The molecule has 0 bridgehead atoms. The van der Waals surface area contributed by atoms with Gasteiger partial charge in [0.05, 0.1) is 19.3 Å². The third-order valence-corrected chi connectivity index (χ3v) is 4.31. The van der Waals surface area contributed by atoms with Gasteiger partial charge in [0.15, 0.2) is 0 Å². The second-order valence-electron chi connectivity index (χ2n) is 6.24. The third-order valence-electron chi connectivity index (χ3n) is 4.31. The van der Waals surface area contributed by atoms with Gasteiger partial charge in [-0.05, 0) is 43.3 Å². The molecular formula is C20H21NO4. The van der Waals surface area contributed by atoms with Crippen molar-refractivity contribution in [3.8, 4) is 5.75 Å². The summed E-state index contributed by atoms with van der Waals surface area (Å²) in [5.41, 5.74) is 2.59. The second-order valence-corrected chi connectivity index (χ2v) is 6.24. The summed E-state index contributed by atoms with van der Waals surface area (Å²) in [5.74, 6) is 0.572. The van der Waals surface area contributed by atoms with Gasteiger partial charge in [-0.2, -0.15) is 0 Å². The first-order valence-corrected chi connectivity index (χ1v) is 8.25. The predicted molar refractivity (Wildman–Crippen MR) is 94.9 cm³/mol. The molecule has 5 heteroatoms. The number of ether oxygens (including phenoxy) is 2. The Kier molecular flexibility index (Phi) is 5.03.